The fourth-order valence-electron chi connectivity index (χ4n) is 6.11. The zero-order chi connectivity index (χ0) is 39.1. The number of nitrogens with zero attached hydrogens (tertiary/aromatic N) is 2. The molecule has 282 valence electrons. The summed E-state index contributed by atoms with van der Waals surface area (Å²) >= 11 is 0. The minimum atomic E-state index is 0.0595. The number of hydrogen-bond acceptors (Lipinski definition) is 6. The molecule has 0 aliphatic rings. The van der Waals surface area contributed by atoms with E-state index in [2.05, 4.69) is 211 Å². The maximum Gasteiger partial charge on any atom is 0.177 e. The van der Waals surface area contributed by atoms with Crippen molar-refractivity contribution < 1.29 is 0 Å². The molecule has 2 heterocycles. The van der Waals surface area contributed by atoms with E-state index in [1.54, 1.807) is 0 Å². The Bertz CT molecular complexity index is 1850. The lowest BCUT2D eigenvalue weighted by Gasteiger charge is -2.19. The van der Waals surface area contributed by atoms with Crippen LogP contribution < -0.4 is 21.3 Å². The lowest BCUT2D eigenvalue weighted by Crippen LogP contribution is -2.10. The molecule has 2 aromatic heterocycles. The molecule has 0 saturated heterocycles. The number of benzene rings is 4. The smallest absolute Gasteiger partial charge is 0.177 e. The van der Waals surface area contributed by atoms with Gasteiger partial charge in [0.25, 0.3) is 0 Å². The van der Waals surface area contributed by atoms with Crippen LogP contribution in [-0.4, -0.2) is 19.9 Å². The molecule has 54 heavy (non-hydrogen) atoms. The number of anilines is 8. The maximum atomic E-state index is 5.07. The highest BCUT2D eigenvalue weighted by atomic mass is 15.2. The number of rotatable bonds is 9. The second kappa shape index (κ2) is 14.4. The van der Waals surface area contributed by atoms with Crippen LogP contribution in [0.2, 0.25) is 0 Å². The summed E-state index contributed by atoms with van der Waals surface area (Å²) in [4.78, 5) is 17.2. The first kappa shape index (κ1) is 38.2. The Morgan fingerprint density at radius 3 is 0.778 bits per heavy atom. The Hall–Kier alpha value is -5.50. The Balaban J connectivity index is 1.38. The predicted octanol–water partition coefficient (Wildman–Crippen LogP) is 13.0. The normalized spacial score (nSPS) is 12.4. The summed E-state index contributed by atoms with van der Waals surface area (Å²) in [5.74, 6) is 3.93. The van der Waals surface area contributed by atoms with E-state index >= 15 is 0 Å². The molecule has 6 aromatic rings. The second-order valence-electron chi connectivity index (χ2n) is 18.4. The number of hydrogen-bond donors (Lipinski definition) is 6. The van der Waals surface area contributed by atoms with Gasteiger partial charge in [-0.25, -0.2) is 9.97 Å². The minimum Gasteiger partial charge on any atom is -0.339 e. The molecular formula is C46H58N8. The molecule has 0 aliphatic heterocycles. The van der Waals surface area contributed by atoms with Gasteiger partial charge in [-0.2, -0.15) is 0 Å². The number of nitrogens with one attached hydrogen (secondary N) is 6. The van der Waals surface area contributed by atoms with Gasteiger partial charge in [-0.1, -0.05) is 132 Å². The van der Waals surface area contributed by atoms with E-state index in [0.717, 1.165) is 34.4 Å². The molecule has 0 spiro atoms. The topological polar surface area (TPSA) is 105 Å². The first-order chi connectivity index (χ1) is 25.2. The maximum absolute atomic E-state index is 5.07. The molecule has 6 N–H and O–H groups in total. The van der Waals surface area contributed by atoms with Crippen LogP contribution in [0, 0.1) is 0 Å². The summed E-state index contributed by atoms with van der Waals surface area (Å²) in [5.41, 5.74) is 9.10. The molecule has 0 bridgehead atoms. The van der Waals surface area contributed by atoms with Gasteiger partial charge in [0.15, 0.2) is 34.9 Å². The van der Waals surface area contributed by atoms with E-state index in [1.807, 2.05) is 0 Å². The number of aromatic nitrogens is 4. The average molecular weight is 723 g/mol. The highest BCUT2D eigenvalue weighted by molar-refractivity contribution is 5.79. The van der Waals surface area contributed by atoms with Crippen molar-refractivity contribution >= 4 is 46.0 Å². The quantitative estimate of drug-likeness (QED) is 0.0887. The SMILES string of the molecule is CC(C)(C)c1ccc(Nc2nc(-c3nc(Nc4ccc(C(C)(C)C)cc4)c(Nc4ccc(C(C)(C)C)cc4)[nH]3)[nH]c2Nc2ccc(C(C)(C)C)cc2)cc1. The summed E-state index contributed by atoms with van der Waals surface area (Å²) in [7, 11) is 0. The van der Waals surface area contributed by atoms with Gasteiger partial charge in [0.2, 0.25) is 0 Å². The average Bonchev–Trinajstić information content (AvgIpc) is 3.67. The zero-order valence-corrected chi connectivity index (χ0v) is 34.1. The molecule has 0 unspecified atom stereocenters. The molecule has 0 fully saturated rings. The van der Waals surface area contributed by atoms with E-state index in [1.165, 1.54) is 22.3 Å². The largest absolute Gasteiger partial charge is 0.339 e. The third-order valence-corrected chi connectivity index (χ3v) is 9.70. The van der Waals surface area contributed by atoms with Crippen LogP contribution in [0.3, 0.4) is 0 Å². The summed E-state index contributed by atoms with van der Waals surface area (Å²) in [6, 6.07) is 34.2. The van der Waals surface area contributed by atoms with Crippen LogP contribution in [0.5, 0.6) is 0 Å². The van der Waals surface area contributed by atoms with Crippen LogP contribution in [0.1, 0.15) is 105 Å². The van der Waals surface area contributed by atoms with Gasteiger partial charge in [0, 0.05) is 22.7 Å². The van der Waals surface area contributed by atoms with E-state index in [-0.39, 0.29) is 21.7 Å². The van der Waals surface area contributed by atoms with Crippen molar-refractivity contribution in [3.63, 3.8) is 0 Å². The van der Waals surface area contributed by atoms with Gasteiger partial charge in [0.1, 0.15) is 0 Å². The van der Waals surface area contributed by atoms with Crippen molar-refractivity contribution in [2.45, 2.75) is 105 Å². The third-order valence-electron chi connectivity index (χ3n) is 9.70. The monoisotopic (exact) mass is 722 g/mol. The van der Waals surface area contributed by atoms with Gasteiger partial charge in [-0.05, 0) is 92.4 Å². The van der Waals surface area contributed by atoms with Gasteiger partial charge >= 0.3 is 0 Å². The second-order valence-corrected chi connectivity index (χ2v) is 18.4. The Kier molecular flexibility index (Phi) is 10.2. The van der Waals surface area contributed by atoms with Gasteiger partial charge in [0.05, 0.1) is 0 Å². The highest BCUT2D eigenvalue weighted by Crippen LogP contribution is 2.35. The summed E-state index contributed by atoms with van der Waals surface area (Å²) in [6.45, 7) is 26.7. The number of H-pyrrole nitrogens is 2. The van der Waals surface area contributed by atoms with Crippen LogP contribution in [-0.2, 0) is 21.7 Å². The molecule has 8 heteroatoms. The van der Waals surface area contributed by atoms with E-state index in [9.17, 15) is 0 Å². The Morgan fingerprint density at radius 1 is 0.333 bits per heavy atom. The molecule has 0 radical (unpaired) electrons. The zero-order valence-electron chi connectivity index (χ0n) is 34.1. The summed E-state index contributed by atoms with van der Waals surface area (Å²) < 4.78 is 0. The molecule has 8 nitrogen and oxygen atoms in total. The van der Waals surface area contributed by atoms with Crippen molar-refractivity contribution in [1.29, 1.82) is 0 Å². The highest BCUT2D eigenvalue weighted by Gasteiger charge is 2.21. The lowest BCUT2D eigenvalue weighted by atomic mass is 9.87. The third kappa shape index (κ3) is 9.16. The van der Waals surface area contributed by atoms with Crippen LogP contribution >= 0.6 is 0 Å². The predicted molar refractivity (Wildman–Crippen MR) is 230 cm³/mol. The Morgan fingerprint density at radius 2 is 0.556 bits per heavy atom. The molecule has 6 rings (SSSR count). The fourth-order valence-corrected chi connectivity index (χ4v) is 6.11. The fraction of sp³-hybridized carbons (Fsp3) is 0.348. The molecule has 0 saturated carbocycles. The summed E-state index contributed by atoms with van der Waals surface area (Å²) in [5, 5.41) is 14.3. The summed E-state index contributed by atoms with van der Waals surface area (Å²) in [6.07, 6.45) is 0. The molecule has 0 amide bonds. The van der Waals surface area contributed by atoms with Gasteiger partial charge in [-0.15, -0.1) is 0 Å². The standard InChI is InChI=1S/C46H58N8/c1-43(2,3)29-13-21-33(22-14-29)47-37-38(48-34-23-15-30(16-24-34)44(4,5)6)52-41(51-37)42-53-39(49-35-25-17-31(18-26-35)45(7,8)9)40(54-42)50-36-27-19-32(20-28-36)46(10,11)12/h13-28,47-50H,1-12H3,(H,51,52)(H,53,54). The molecule has 0 atom stereocenters. The molecule has 0 aliphatic carbocycles. The van der Waals surface area contributed by atoms with Crippen LogP contribution in [0.4, 0.5) is 46.0 Å². The first-order valence-electron chi connectivity index (χ1n) is 18.9. The van der Waals surface area contributed by atoms with E-state index < -0.39 is 0 Å². The van der Waals surface area contributed by atoms with Crippen LogP contribution in [0.15, 0.2) is 97.1 Å². The van der Waals surface area contributed by atoms with Crippen molar-refractivity contribution in [3.05, 3.63) is 119 Å². The Labute approximate surface area is 322 Å². The van der Waals surface area contributed by atoms with Gasteiger partial charge < -0.3 is 31.2 Å². The van der Waals surface area contributed by atoms with Gasteiger partial charge in [-0.3, -0.25) is 0 Å². The van der Waals surface area contributed by atoms with Crippen molar-refractivity contribution in [2.75, 3.05) is 21.3 Å². The molecule has 4 aromatic carbocycles. The van der Waals surface area contributed by atoms with Crippen molar-refractivity contribution in [2.24, 2.45) is 0 Å². The first-order valence-corrected chi connectivity index (χ1v) is 18.9. The lowest BCUT2D eigenvalue weighted by molar-refractivity contribution is 0.590. The minimum absolute atomic E-state index is 0.0595. The number of aromatic amines is 2. The van der Waals surface area contributed by atoms with E-state index in [0.29, 0.717) is 23.3 Å². The van der Waals surface area contributed by atoms with Crippen molar-refractivity contribution in [3.8, 4) is 11.6 Å². The number of imidazole rings is 2. The van der Waals surface area contributed by atoms with Crippen LogP contribution in [0.25, 0.3) is 11.6 Å². The van der Waals surface area contributed by atoms with Crippen molar-refractivity contribution in [1.82, 2.24) is 19.9 Å². The molecular weight excluding hydrogens is 665 g/mol. The van der Waals surface area contributed by atoms with E-state index in [4.69, 9.17) is 9.97 Å².